The van der Waals surface area contributed by atoms with Gasteiger partial charge in [-0.3, -0.25) is 4.79 Å². The van der Waals surface area contributed by atoms with Crippen molar-refractivity contribution in [3.05, 3.63) is 6.92 Å². The molecule has 1 fully saturated rings. The van der Waals surface area contributed by atoms with E-state index >= 15 is 0 Å². The van der Waals surface area contributed by atoms with Gasteiger partial charge < -0.3 is 5.32 Å². The lowest BCUT2D eigenvalue weighted by atomic mass is 9.89. The van der Waals surface area contributed by atoms with Crippen LogP contribution in [0.25, 0.3) is 0 Å². The van der Waals surface area contributed by atoms with Crippen molar-refractivity contribution >= 4 is 5.91 Å². The van der Waals surface area contributed by atoms with E-state index in [0.717, 1.165) is 12.8 Å². The van der Waals surface area contributed by atoms with E-state index in [2.05, 4.69) is 5.32 Å². The summed E-state index contributed by atoms with van der Waals surface area (Å²) in [5.41, 5.74) is 0. The van der Waals surface area contributed by atoms with Gasteiger partial charge in [-0.2, -0.15) is 0 Å². The zero-order valence-electron chi connectivity index (χ0n) is 6.81. The second kappa shape index (κ2) is 4.37. The average Bonchev–Trinajstić information content (AvgIpc) is 2.07. The van der Waals surface area contributed by atoms with Gasteiger partial charge in [0.25, 0.3) is 0 Å². The Hall–Kier alpha value is -0.530. The number of hydrogen-bond acceptors (Lipinski definition) is 1. The fourth-order valence-electron chi connectivity index (χ4n) is 1.61. The molecule has 0 saturated heterocycles. The SMILES string of the molecule is [CH]CNC(=O)C1CCCCC1. The Morgan fingerprint density at radius 1 is 1.36 bits per heavy atom. The Morgan fingerprint density at radius 3 is 2.55 bits per heavy atom. The molecule has 0 aromatic heterocycles. The molecule has 0 aromatic rings. The molecule has 0 heterocycles. The average molecular weight is 153 g/mol. The van der Waals surface area contributed by atoms with E-state index in [4.69, 9.17) is 6.92 Å². The lowest BCUT2D eigenvalue weighted by Crippen LogP contribution is -2.31. The third kappa shape index (κ3) is 2.52. The highest BCUT2D eigenvalue weighted by atomic mass is 16.1. The summed E-state index contributed by atoms with van der Waals surface area (Å²) >= 11 is 0. The zero-order chi connectivity index (χ0) is 8.10. The van der Waals surface area contributed by atoms with Crippen LogP contribution in [0.1, 0.15) is 32.1 Å². The van der Waals surface area contributed by atoms with Gasteiger partial charge in [0, 0.05) is 12.5 Å². The van der Waals surface area contributed by atoms with Gasteiger partial charge in [0.15, 0.2) is 0 Å². The quantitative estimate of drug-likeness (QED) is 0.638. The molecule has 0 bridgehead atoms. The molecule has 1 N–H and O–H groups in total. The highest BCUT2D eigenvalue weighted by Gasteiger charge is 2.19. The Balaban J connectivity index is 2.27. The minimum atomic E-state index is 0.146. The predicted octanol–water partition coefficient (Wildman–Crippen LogP) is 1.39. The van der Waals surface area contributed by atoms with Crippen molar-refractivity contribution < 1.29 is 4.79 Å². The molecule has 11 heavy (non-hydrogen) atoms. The Kier molecular flexibility index (Phi) is 3.40. The molecule has 1 aliphatic rings. The molecule has 2 heteroatoms. The number of carbonyl (C=O) groups is 1. The van der Waals surface area contributed by atoms with Crippen molar-refractivity contribution in [3.63, 3.8) is 0 Å². The van der Waals surface area contributed by atoms with Crippen molar-refractivity contribution in [2.75, 3.05) is 6.54 Å². The van der Waals surface area contributed by atoms with Crippen molar-refractivity contribution in [3.8, 4) is 0 Å². The van der Waals surface area contributed by atoms with Crippen molar-refractivity contribution in [1.82, 2.24) is 5.32 Å². The van der Waals surface area contributed by atoms with E-state index < -0.39 is 0 Å². The van der Waals surface area contributed by atoms with Crippen molar-refractivity contribution in [2.45, 2.75) is 32.1 Å². The molecule has 1 aliphatic carbocycles. The van der Waals surface area contributed by atoms with Crippen LogP contribution in [0.15, 0.2) is 0 Å². The summed E-state index contributed by atoms with van der Waals surface area (Å²) in [5, 5.41) is 2.65. The third-order valence-electron chi connectivity index (χ3n) is 2.25. The lowest BCUT2D eigenvalue weighted by Gasteiger charge is -2.20. The summed E-state index contributed by atoms with van der Waals surface area (Å²) in [6.45, 7) is 5.48. The second-order valence-electron chi connectivity index (χ2n) is 3.08. The number of hydrogen-bond donors (Lipinski definition) is 1. The van der Waals surface area contributed by atoms with Crippen LogP contribution in [0, 0.1) is 12.8 Å². The molecule has 0 atom stereocenters. The second-order valence-corrected chi connectivity index (χ2v) is 3.08. The van der Waals surface area contributed by atoms with Crippen molar-refractivity contribution in [2.24, 2.45) is 5.92 Å². The van der Waals surface area contributed by atoms with Crippen LogP contribution in [0.2, 0.25) is 0 Å². The number of amides is 1. The Bertz CT molecular complexity index is 128. The lowest BCUT2D eigenvalue weighted by molar-refractivity contribution is -0.125. The topological polar surface area (TPSA) is 29.1 Å². The van der Waals surface area contributed by atoms with Crippen molar-refractivity contribution in [1.29, 1.82) is 0 Å². The van der Waals surface area contributed by atoms with Crippen LogP contribution in [-0.4, -0.2) is 12.5 Å². The van der Waals surface area contributed by atoms with Crippen LogP contribution >= 0.6 is 0 Å². The first-order valence-electron chi connectivity index (χ1n) is 4.32. The van der Waals surface area contributed by atoms with Gasteiger partial charge in [0.1, 0.15) is 0 Å². The maximum atomic E-state index is 11.2. The van der Waals surface area contributed by atoms with Crippen LogP contribution in [0.5, 0.6) is 0 Å². The first-order valence-corrected chi connectivity index (χ1v) is 4.32. The summed E-state index contributed by atoms with van der Waals surface area (Å²) in [5.74, 6) is 0.388. The van der Waals surface area contributed by atoms with Crippen LogP contribution in [0.4, 0.5) is 0 Å². The summed E-state index contributed by atoms with van der Waals surface area (Å²) in [6.07, 6.45) is 5.77. The van der Waals surface area contributed by atoms with E-state index in [1.54, 1.807) is 0 Å². The monoisotopic (exact) mass is 153 g/mol. The third-order valence-corrected chi connectivity index (χ3v) is 2.25. The van der Waals surface area contributed by atoms with Gasteiger partial charge in [0.05, 0.1) is 0 Å². The summed E-state index contributed by atoms with van der Waals surface area (Å²) < 4.78 is 0. The van der Waals surface area contributed by atoms with Gasteiger partial charge in [-0.1, -0.05) is 19.3 Å². The fraction of sp³-hybridized carbons (Fsp3) is 0.778. The molecule has 2 nitrogen and oxygen atoms in total. The van der Waals surface area contributed by atoms with Gasteiger partial charge in [-0.25, -0.2) is 0 Å². The van der Waals surface area contributed by atoms with Gasteiger partial charge in [-0.05, 0) is 19.8 Å². The highest BCUT2D eigenvalue weighted by molar-refractivity contribution is 5.78. The highest BCUT2D eigenvalue weighted by Crippen LogP contribution is 2.23. The number of carbonyl (C=O) groups excluding carboxylic acids is 1. The van der Waals surface area contributed by atoms with Gasteiger partial charge >= 0.3 is 0 Å². The van der Waals surface area contributed by atoms with E-state index in [-0.39, 0.29) is 18.4 Å². The minimum absolute atomic E-state index is 0.146. The van der Waals surface area contributed by atoms with E-state index in [0.29, 0.717) is 0 Å². The molecule has 1 saturated carbocycles. The molecule has 1 amide bonds. The minimum Gasteiger partial charge on any atom is -0.356 e. The Morgan fingerprint density at radius 2 is 2.00 bits per heavy atom. The molecule has 0 spiro atoms. The summed E-state index contributed by atoms with van der Waals surface area (Å²) in [4.78, 5) is 11.2. The summed E-state index contributed by atoms with van der Waals surface area (Å²) in [6, 6.07) is 0. The maximum absolute atomic E-state index is 11.2. The molecule has 1 rings (SSSR count). The van der Waals surface area contributed by atoms with Crippen LogP contribution < -0.4 is 5.32 Å². The fourth-order valence-corrected chi connectivity index (χ4v) is 1.61. The summed E-state index contributed by atoms with van der Waals surface area (Å²) in [7, 11) is 0. The number of rotatable bonds is 2. The molecule has 0 aromatic carbocycles. The Labute approximate surface area is 68.4 Å². The molecular formula is C9H15NO. The van der Waals surface area contributed by atoms with E-state index in [1.165, 1.54) is 19.3 Å². The number of nitrogens with one attached hydrogen (secondary N) is 1. The first-order chi connectivity index (χ1) is 5.34. The van der Waals surface area contributed by atoms with Crippen LogP contribution in [0.3, 0.4) is 0 Å². The largest absolute Gasteiger partial charge is 0.356 e. The molecular weight excluding hydrogens is 138 g/mol. The smallest absolute Gasteiger partial charge is 0.223 e. The van der Waals surface area contributed by atoms with Crippen LogP contribution in [-0.2, 0) is 4.79 Å². The maximum Gasteiger partial charge on any atom is 0.223 e. The normalized spacial score (nSPS) is 19.7. The standard InChI is InChI=1S/C9H15NO/c1-2-10-9(11)8-6-4-3-5-7-8/h1,8H,2-7H2,(H,10,11). The van der Waals surface area contributed by atoms with E-state index in [1.807, 2.05) is 0 Å². The predicted molar refractivity (Wildman–Crippen MR) is 43.9 cm³/mol. The van der Waals surface area contributed by atoms with Gasteiger partial charge in [0.2, 0.25) is 5.91 Å². The first kappa shape index (κ1) is 8.57. The molecule has 62 valence electrons. The zero-order valence-corrected chi connectivity index (χ0v) is 6.81. The molecule has 2 radical (unpaired) electrons. The van der Waals surface area contributed by atoms with Gasteiger partial charge in [-0.15, -0.1) is 0 Å². The molecule has 0 aliphatic heterocycles. The van der Waals surface area contributed by atoms with E-state index in [9.17, 15) is 4.79 Å². The molecule has 0 unspecified atom stereocenters.